The fourth-order valence-electron chi connectivity index (χ4n) is 2.58. The molecule has 1 aliphatic heterocycles. The quantitative estimate of drug-likeness (QED) is 0.776. The van der Waals surface area contributed by atoms with Crippen molar-refractivity contribution in [2.75, 3.05) is 32.7 Å². The Hall–Kier alpha value is -0.710. The third kappa shape index (κ3) is 4.13. The SMILES string of the molecule is CCN1CCN(C(C=O)Cc2cccc(Br)c2)CC1. The number of rotatable bonds is 5. The second-order valence-electron chi connectivity index (χ2n) is 5.01. The van der Waals surface area contributed by atoms with E-state index in [2.05, 4.69) is 44.8 Å². The van der Waals surface area contributed by atoms with Crippen LogP contribution in [0.4, 0.5) is 0 Å². The molecule has 4 heteroatoms. The molecule has 0 aliphatic carbocycles. The minimum absolute atomic E-state index is 0.00769. The lowest BCUT2D eigenvalue weighted by Crippen LogP contribution is -2.51. The number of aldehydes is 1. The first-order valence-electron chi connectivity index (χ1n) is 6.89. The molecular weight excluding hydrogens is 304 g/mol. The van der Waals surface area contributed by atoms with Gasteiger partial charge in [0.25, 0.3) is 0 Å². The highest BCUT2D eigenvalue weighted by Gasteiger charge is 2.22. The maximum absolute atomic E-state index is 11.4. The van der Waals surface area contributed by atoms with E-state index in [1.165, 1.54) is 5.56 Å². The summed E-state index contributed by atoms with van der Waals surface area (Å²) in [6.45, 7) is 7.41. The highest BCUT2D eigenvalue weighted by atomic mass is 79.9. The van der Waals surface area contributed by atoms with Crippen molar-refractivity contribution in [3.8, 4) is 0 Å². The van der Waals surface area contributed by atoms with Gasteiger partial charge in [-0.15, -0.1) is 0 Å². The van der Waals surface area contributed by atoms with Crippen molar-refractivity contribution in [1.29, 1.82) is 0 Å². The summed E-state index contributed by atoms with van der Waals surface area (Å²) in [5, 5.41) is 0. The fraction of sp³-hybridized carbons (Fsp3) is 0.533. The summed E-state index contributed by atoms with van der Waals surface area (Å²) < 4.78 is 1.07. The molecule has 0 aromatic heterocycles. The van der Waals surface area contributed by atoms with Crippen LogP contribution in [0, 0.1) is 0 Å². The number of hydrogen-bond acceptors (Lipinski definition) is 3. The molecule has 1 aromatic carbocycles. The number of carbonyl (C=O) groups excluding carboxylic acids is 1. The predicted molar refractivity (Wildman–Crippen MR) is 81.4 cm³/mol. The lowest BCUT2D eigenvalue weighted by atomic mass is 10.0. The number of likely N-dealkylation sites (N-methyl/N-ethyl adjacent to an activating group) is 1. The monoisotopic (exact) mass is 324 g/mol. The molecule has 0 bridgehead atoms. The number of carbonyl (C=O) groups is 1. The van der Waals surface area contributed by atoms with Gasteiger partial charge in [-0.25, -0.2) is 0 Å². The first-order valence-corrected chi connectivity index (χ1v) is 7.68. The van der Waals surface area contributed by atoms with Gasteiger partial charge < -0.3 is 9.69 Å². The first kappa shape index (κ1) is 14.7. The molecule has 3 nitrogen and oxygen atoms in total. The second kappa shape index (κ2) is 7.17. The van der Waals surface area contributed by atoms with Crippen molar-refractivity contribution in [2.24, 2.45) is 0 Å². The first-order chi connectivity index (χ1) is 9.22. The van der Waals surface area contributed by atoms with E-state index >= 15 is 0 Å². The van der Waals surface area contributed by atoms with E-state index in [-0.39, 0.29) is 6.04 Å². The summed E-state index contributed by atoms with van der Waals surface area (Å²) >= 11 is 3.48. The van der Waals surface area contributed by atoms with Crippen LogP contribution in [0.3, 0.4) is 0 Å². The van der Waals surface area contributed by atoms with E-state index in [0.717, 1.165) is 49.9 Å². The molecule has 1 heterocycles. The van der Waals surface area contributed by atoms with E-state index < -0.39 is 0 Å². The highest BCUT2D eigenvalue weighted by Crippen LogP contribution is 2.15. The van der Waals surface area contributed by atoms with Crippen LogP contribution >= 0.6 is 15.9 Å². The Morgan fingerprint density at radius 1 is 1.32 bits per heavy atom. The highest BCUT2D eigenvalue weighted by molar-refractivity contribution is 9.10. The van der Waals surface area contributed by atoms with Gasteiger partial charge in [0.15, 0.2) is 0 Å². The largest absolute Gasteiger partial charge is 0.302 e. The molecular formula is C15H21BrN2O. The third-order valence-corrected chi connectivity index (χ3v) is 4.31. The Morgan fingerprint density at radius 2 is 2.05 bits per heavy atom. The van der Waals surface area contributed by atoms with Crippen molar-refractivity contribution in [3.63, 3.8) is 0 Å². The van der Waals surface area contributed by atoms with E-state index in [9.17, 15) is 4.79 Å². The smallest absolute Gasteiger partial charge is 0.137 e. The summed E-state index contributed by atoms with van der Waals surface area (Å²) in [6.07, 6.45) is 1.90. The van der Waals surface area contributed by atoms with Crippen molar-refractivity contribution < 1.29 is 4.79 Å². The van der Waals surface area contributed by atoms with E-state index in [1.54, 1.807) is 0 Å². The van der Waals surface area contributed by atoms with Crippen LogP contribution in [-0.4, -0.2) is 54.9 Å². The molecule has 1 aliphatic rings. The van der Waals surface area contributed by atoms with Crippen LogP contribution in [0.5, 0.6) is 0 Å². The molecule has 0 spiro atoms. The average Bonchev–Trinajstić information content (AvgIpc) is 2.45. The van der Waals surface area contributed by atoms with Gasteiger partial charge in [0.2, 0.25) is 0 Å². The molecule has 0 N–H and O–H groups in total. The van der Waals surface area contributed by atoms with Crippen LogP contribution in [0.1, 0.15) is 12.5 Å². The van der Waals surface area contributed by atoms with E-state index in [4.69, 9.17) is 0 Å². The maximum atomic E-state index is 11.4. The number of halogens is 1. The van der Waals surface area contributed by atoms with Crippen LogP contribution < -0.4 is 0 Å². The summed E-state index contributed by atoms with van der Waals surface area (Å²) in [5.41, 5.74) is 1.21. The average molecular weight is 325 g/mol. The number of hydrogen-bond donors (Lipinski definition) is 0. The Bertz CT molecular complexity index is 416. The Morgan fingerprint density at radius 3 is 2.63 bits per heavy atom. The molecule has 1 saturated heterocycles. The van der Waals surface area contributed by atoms with Gasteiger partial charge >= 0.3 is 0 Å². The lowest BCUT2D eigenvalue weighted by Gasteiger charge is -2.37. The summed E-state index contributed by atoms with van der Waals surface area (Å²) in [6, 6.07) is 8.23. The molecule has 0 amide bonds. The molecule has 104 valence electrons. The molecule has 0 saturated carbocycles. The molecule has 1 unspecified atom stereocenters. The van der Waals surface area contributed by atoms with Crippen LogP contribution in [0.2, 0.25) is 0 Å². The van der Waals surface area contributed by atoms with Gasteiger partial charge in [-0.1, -0.05) is 35.0 Å². The third-order valence-electron chi connectivity index (χ3n) is 3.81. The maximum Gasteiger partial charge on any atom is 0.137 e. The predicted octanol–water partition coefficient (Wildman–Crippen LogP) is 2.20. The molecule has 19 heavy (non-hydrogen) atoms. The van der Waals surface area contributed by atoms with Gasteiger partial charge in [-0.2, -0.15) is 0 Å². The fourth-order valence-corrected chi connectivity index (χ4v) is 3.03. The van der Waals surface area contributed by atoms with Crippen molar-refractivity contribution in [3.05, 3.63) is 34.3 Å². The molecule has 0 radical (unpaired) electrons. The van der Waals surface area contributed by atoms with Gasteiger partial charge in [0.1, 0.15) is 6.29 Å². The topological polar surface area (TPSA) is 23.6 Å². The van der Waals surface area contributed by atoms with Gasteiger partial charge in [0, 0.05) is 30.7 Å². The van der Waals surface area contributed by atoms with Crippen molar-refractivity contribution >= 4 is 22.2 Å². The lowest BCUT2D eigenvalue weighted by molar-refractivity contribution is -0.113. The Balaban J connectivity index is 1.95. The van der Waals surface area contributed by atoms with Gasteiger partial charge in [-0.3, -0.25) is 4.90 Å². The van der Waals surface area contributed by atoms with Crippen molar-refractivity contribution in [1.82, 2.24) is 9.80 Å². The summed E-state index contributed by atoms with van der Waals surface area (Å²) in [7, 11) is 0. The molecule has 1 fully saturated rings. The Kier molecular flexibility index (Phi) is 5.55. The number of benzene rings is 1. The van der Waals surface area contributed by atoms with Crippen LogP contribution in [0.15, 0.2) is 28.7 Å². The zero-order valence-corrected chi connectivity index (χ0v) is 13.0. The molecule has 2 rings (SSSR count). The standard InChI is InChI=1S/C15H21BrN2O/c1-2-17-6-8-18(9-7-17)15(12-19)11-13-4-3-5-14(16)10-13/h3-5,10,12,15H,2,6-9,11H2,1H3. The summed E-state index contributed by atoms with van der Waals surface area (Å²) in [4.78, 5) is 16.1. The van der Waals surface area contributed by atoms with Gasteiger partial charge in [0.05, 0.1) is 6.04 Å². The van der Waals surface area contributed by atoms with Gasteiger partial charge in [-0.05, 0) is 30.7 Å². The number of piperazine rings is 1. The zero-order valence-electron chi connectivity index (χ0n) is 11.4. The summed E-state index contributed by atoms with van der Waals surface area (Å²) in [5.74, 6) is 0. The molecule has 1 atom stereocenters. The van der Waals surface area contributed by atoms with Crippen LogP contribution in [-0.2, 0) is 11.2 Å². The minimum atomic E-state index is 0.00769. The van der Waals surface area contributed by atoms with E-state index in [0.29, 0.717) is 0 Å². The molecule has 1 aromatic rings. The normalized spacial score (nSPS) is 19.3. The Labute approximate surface area is 123 Å². The minimum Gasteiger partial charge on any atom is -0.302 e. The van der Waals surface area contributed by atoms with Crippen LogP contribution in [0.25, 0.3) is 0 Å². The second-order valence-corrected chi connectivity index (χ2v) is 5.92. The van der Waals surface area contributed by atoms with Crippen molar-refractivity contribution in [2.45, 2.75) is 19.4 Å². The van der Waals surface area contributed by atoms with E-state index in [1.807, 2.05) is 12.1 Å². The zero-order chi connectivity index (χ0) is 13.7. The number of nitrogens with zero attached hydrogens (tertiary/aromatic N) is 2.